The van der Waals surface area contributed by atoms with Crippen LogP contribution in [0.4, 0.5) is 13.2 Å². The van der Waals surface area contributed by atoms with E-state index in [0.717, 1.165) is 4.47 Å². The molecule has 100 valence electrons. The number of hydrogen-bond donors (Lipinski definition) is 0. The van der Waals surface area contributed by atoms with E-state index < -0.39 is 22.3 Å². The van der Waals surface area contributed by atoms with E-state index in [1.807, 2.05) is 0 Å². The standard InChI is InChI=1S/C13H6Br3F3/c14-6-1-2-8(9(15)3-6)13(16)12-10(18)4-7(17)5-11(12)19/h1-5,13H. The Hall–Kier alpha value is -0.330. The minimum absolute atomic E-state index is 0.218. The summed E-state index contributed by atoms with van der Waals surface area (Å²) in [5.41, 5.74) is 0.428. The van der Waals surface area contributed by atoms with E-state index in [4.69, 9.17) is 0 Å². The van der Waals surface area contributed by atoms with Gasteiger partial charge in [-0.2, -0.15) is 0 Å². The SMILES string of the molecule is Fc1cc(F)c(C(Br)c2ccc(Br)cc2Br)c(F)c1. The first-order valence-electron chi connectivity index (χ1n) is 5.13. The second-order valence-corrected chi connectivity index (χ2v) is 6.50. The van der Waals surface area contributed by atoms with Gasteiger partial charge in [-0.3, -0.25) is 0 Å². The van der Waals surface area contributed by atoms with Crippen molar-refractivity contribution in [2.45, 2.75) is 4.83 Å². The van der Waals surface area contributed by atoms with Crippen LogP contribution in [0.3, 0.4) is 0 Å². The molecule has 2 aromatic rings. The van der Waals surface area contributed by atoms with Gasteiger partial charge in [0.15, 0.2) is 0 Å². The van der Waals surface area contributed by atoms with Crippen LogP contribution in [0, 0.1) is 17.5 Å². The maximum atomic E-state index is 13.7. The average molecular weight is 459 g/mol. The van der Waals surface area contributed by atoms with Gasteiger partial charge in [0, 0.05) is 26.6 Å². The fourth-order valence-electron chi connectivity index (χ4n) is 1.66. The Labute approximate surface area is 133 Å². The molecule has 0 spiro atoms. The lowest BCUT2D eigenvalue weighted by molar-refractivity contribution is 0.527. The molecule has 0 aliphatic heterocycles. The van der Waals surface area contributed by atoms with Gasteiger partial charge >= 0.3 is 0 Å². The predicted octanol–water partition coefficient (Wildman–Crippen LogP) is 6.11. The van der Waals surface area contributed by atoms with Crippen LogP contribution in [0.2, 0.25) is 0 Å². The maximum absolute atomic E-state index is 13.7. The van der Waals surface area contributed by atoms with E-state index in [2.05, 4.69) is 47.8 Å². The lowest BCUT2D eigenvalue weighted by atomic mass is 10.0. The highest BCUT2D eigenvalue weighted by Gasteiger charge is 2.22. The van der Waals surface area contributed by atoms with Crippen molar-refractivity contribution in [3.05, 3.63) is 67.9 Å². The Bertz CT molecular complexity index is 606. The largest absolute Gasteiger partial charge is 0.207 e. The van der Waals surface area contributed by atoms with Crippen molar-refractivity contribution in [2.24, 2.45) is 0 Å². The smallest absolute Gasteiger partial charge is 0.133 e. The van der Waals surface area contributed by atoms with Gasteiger partial charge in [0.1, 0.15) is 17.5 Å². The highest BCUT2D eigenvalue weighted by Crippen LogP contribution is 2.38. The van der Waals surface area contributed by atoms with E-state index in [1.54, 1.807) is 18.2 Å². The summed E-state index contributed by atoms with van der Waals surface area (Å²) in [5.74, 6) is -2.78. The molecule has 0 heterocycles. The third kappa shape index (κ3) is 3.23. The minimum Gasteiger partial charge on any atom is -0.207 e. The van der Waals surface area contributed by atoms with E-state index in [1.165, 1.54) is 0 Å². The molecule has 0 saturated carbocycles. The summed E-state index contributed by atoms with van der Waals surface area (Å²) in [6.45, 7) is 0. The van der Waals surface area contributed by atoms with Crippen LogP contribution in [0.1, 0.15) is 16.0 Å². The third-order valence-corrected chi connectivity index (χ3v) is 4.66. The molecule has 1 unspecified atom stereocenters. The number of halogens is 6. The molecule has 0 amide bonds. The highest BCUT2D eigenvalue weighted by atomic mass is 79.9. The van der Waals surface area contributed by atoms with Crippen molar-refractivity contribution in [1.29, 1.82) is 0 Å². The first-order chi connectivity index (χ1) is 8.90. The number of alkyl halides is 1. The van der Waals surface area contributed by atoms with Gasteiger partial charge < -0.3 is 0 Å². The van der Waals surface area contributed by atoms with E-state index in [0.29, 0.717) is 22.2 Å². The molecular formula is C13H6Br3F3. The second-order valence-electron chi connectivity index (χ2n) is 3.81. The fraction of sp³-hybridized carbons (Fsp3) is 0.0769. The fourth-order valence-corrected chi connectivity index (χ4v) is 4.08. The monoisotopic (exact) mass is 456 g/mol. The molecule has 2 rings (SSSR count). The van der Waals surface area contributed by atoms with E-state index in [-0.39, 0.29) is 5.56 Å². The topological polar surface area (TPSA) is 0 Å². The van der Waals surface area contributed by atoms with Crippen molar-refractivity contribution < 1.29 is 13.2 Å². The summed E-state index contributed by atoms with van der Waals surface area (Å²) >= 11 is 9.87. The number of hydrogen-bond acceptors (Lipinski definition) is 0. The molecule has 0 nitrogen and oxygen atoms in total. The van der Waals surface area contributed by atoms with Gasteiger partial charge in [0.05, 0.1) is 4.83 Å². The predicted molar refractivity (Wildman–Crippen MR) is 78.9 cm³/mol. The Morgan fingerprint density at radius 2 is 1.47 bits per heavy atom. The van der Waals surface area contributed by atoms with Gasteiger partial charge in [-0.05, 0) is 17.7 Å². The Morgan fingerprint density at radius 3 is 2.00 bits per heavy atom. The average Bonchev–Trinajstić information content (AvgIpc) is 2.26. The molecule has 0 radical (unpaired) electrons. The first-order valence-corrected chi connectivity index (χ1v) is 7.63. The lowest BCUT2D eigenvalue weighted by Gasteiger charge is -2.15. The molecule has 6 heteroatoms. The number of benzene rings is 2. The molecule has 2 aromatic carbocycles. The third-order valence-electron chi connectivity index (χ3n) is 2.53. The molecular weight excluding hydrogens is 453 g/mol. The Morgan fingerprint density at radius 1 is 0.895 bits per heavy atom. The molecule has 0 bridgehead atoms. The molecule has 0 saturated heterocycles. The Kier molecular flexibility index (Phi) is 4.74. The first kappa shape index (κ1) is 15.1. The summed E-state index contributed by atoms with van der Waals surface area (Å²) in [4.78, 5) is -0.712. The van der Waals surface area contributed by atoms with Crippen LogP contribution in [-0.2, 0) is 0 Å². The minimum atomic E-state index is -0.937. The highest BCUT2D eigenvalue weighted by molar-refractivity contribution is 9.11. The lowest BCUT2D eigenvalue weighted by Crippen LogP contribution is -2.02. The van der Waals surface area contributed by atoms with Crippen molar-refractivity contribution in [2.75, 3.05) is 0 Å². The Balaban J connectivity index is 2.53. The van der Waals surface area contributed by atoms with Crippen LogP contribution in [-0.4, -0.2) is 0 Å². The molecule has 0 aromatic heterocycles. The summed E-state index contributed by atoms with van der Waals surface area (Å²) in [5, 5.41) is 0. The molecule has 0 N–H and O–H groups in total. The van der Waals surface area contributed by atoms with Gasteiger partial charge in [0.2, 0.25) is 0 Å². The summed E-state index contributed by atoms with van der Waals surface area (Å²) in [6, 6.07) is 6.57. The van der Waals surface area contributed by atoms with E-state index >= 15 is 0 Å². The van der Waals surface area contributed by atoms with Gasteiger partial charge in [-0.25, -0.2) is 13.2 Å². The normalized spacial score (nSPS) is 12.5. The number of rotatable bonds is 2. The van der Waals surface area contributed by atoms with Gasteiger partial charge in [-0.1, -0.05) is 53.9 Å². The van der Waals surface area contributed by atoms with Crippen molar-refractivity contribution in [1.82, 2.24) is 0 Å². The van der Waals surface area contributed by atoms with Gasteiger partial charge in [0.25, 0.3) is 0 Å². The van der Waals surface area contributed by atoms with Crippen LogP contribution in [0.5, 0.6) is 0 Å². The second kappa shape index (κ2) is 5.97. The zero-order valence-electron chi connectivity index (χ0n) is 9.23. The van der Waals surface area contributed by atoms with E-state index in [9.17, 15) is 13.2 Å². The van der Waals surface area contributed by atoms with Crippen LogP contribution < -0.4 is 0 Å². The van der Waals surface area contributed by atoms with Crippen LogP contribution >= 0.6 is 47.8 Å². The maximum Gasteiger partial charge on any atom is 0.133 e. The zero-order valence-corrected chi connectivity index (χ0v) is 14.0. The van der Waals surface area contributed by atoms with Crippen LogP contribution in [0.15, 0.2) is 39.3 Å². The zero-order chi connectivity index (χ0) is 14.2. The van der Waals surface area contributed by atoms with Crippen molar-refractivity contribution in [3.63, 3.8) is 0 Å². The van der Waals surface area contributed by atoms with Crippen molar-refractivity contribution in [3.8, 4) is 0 Å². The van der Waals surface area contributed by atoms with Crippen molar-refractivity contribution >= 4 is 47.8 Å². The van der Waals surface area contributed by atoms with Crippen LogP contribution in [0.25, 0.3) is 0 Å². The molecule has 0 aliphatic rings. The summed E-state index contributed by atoms with van der Waals surface area (Å²) in [7, 11) is 0. The molecule has 19 heavy (non-hydrogen) atoms. The molecule has 1 atom stereocenters. The quantitative estimate of drug-likeness (QED) is 0.476. The van der Waals surface area contributed by atoms with Gasteiger partial charge in [-0.15, -0.1) is 0 Å². The summed E-state index contributed by atoms with van der Waals surface area (Å²) < 4.78 is 41.9. The summed E-state index contributed by atoms with van der Waals surface area (Å²) in [6.07, 6.45) is 0. The molecule has 0 aliphatic carbocycles. The molecule has 0 fully saturated rings.